The van der Waals surface area contributed by atoms with E-state index in [1.54, 1.807) is 24.4 Å². The van der Waals surface area contributed by atoms with E-state index in [-0.39, 0.29) is 17.7 Å². The number of aromatic nitrogens is 5. The highest BCUT2D eigenvalue weighted by molar-refractivity contribution is 5.82. The van der Waals surface area contributed by atoms with Crippen molar-refractivity contribution in [2.45, 2.75) is 0 Å². The lowest BCUT2D eigenvalue weighted by Crippen LogP contribution is -1.92. The van der Waals surface area contributed by atoms with Crippen LogP contribution in [-0.4, -0.2) is 32.3 Å². The van der Waals surface area contributed by atoms with Gasteiger partial charge < -0.3 is 14.1 Å². The van der Waals surface area contributed by atoms with Crippen LogP contribution in [0.3, 0.4) is 0 Å². The van der Waals surface area contributed by atoms with Crippen molar-refractivity contribution in [3.8, 4) is 17.3 Å². The molecule has 24 heavy (non-hydrogen) atoms. The molecule has 0 amide bonds. The minimum Gasteiger partial charge on any atom is -0.479 e. The number of benzene rings is 1. The number of imidazole rings is 1. The summed E-state index contributed by atoms with van der Waals surface area (Å²) in [4.78, 5) is 11.5. The second-order valence-corrected chi connectivity index (χ2v) is 4.85. The Hall–Kier alpha value is -3.49. The summed E-state index contributed by atoms with van der Waals surface area (Å²) in [5.41, 5.74) is 1.95. The average molecular weight is 326 g/mol. The van der Waals surface area contributed by atoms with E-state index in [0.717, 1.165) is 5.52 Å². The van der Waals surface area contributed by atoms with E-state index in [1.807, 2.05) is 0 Å². The summed E-state index contributed by atoms with van der Waals surface area (Å²) in [6, 6.07) is 7.69. The largest absolute Gasteiger partial charge is 0.479 e. The summed E-state index contributed by atoms with van der Waals surface area (Å²) in [5, 5.41) is 10.7. The predicted molar refractivity (Wildman–Crippen MR) is 83.4 cm³/mol. The maximum absolute atomic E-state index is 13.0. The molecule has 4 aromatic rings. The minimum absolute atomic E-state index is 0.153. The number of hydrogen-bond acceptors (Lipinski definition) is 7. The summed E-state index contributed by atoms with van der Waals surface area (Å²) in [7, 11) is 1.52. The average Bonchev–Trinajstić information content (AvgIpc) is 3.22. The molecule has 9 heteroatoms. The number of pyridine rings is 1. The van der Waals surface area contributed by atoms with E-state index in [9.17, 15) is 4.39 Å². The van der Waals surface area contributed by atoms with Crippen LogP contribution >= 0.6 is 0 Å². The zero-order valence-corrected chi connectivity index (χ0v) is 12.4. The van der Waals surface area contributed by atoms with Crippen molar-refractivity contribution in [2.24, 2.45) is 0 Å². The SMILES string of the molecule is COc1nccc2[nH]c(Nc3nnc(-c4ccc(F)cc4)o3)nc12. The number of aromatic amines is 1. The van der Waals surface area contributed by atoms with Gasteiger partial charge in [0.1, 0.15) is 5.82 Å². The van der Waals surface area contributed by atoms with Gasteiger partial charge in [-0.25, -0.2) is 14.4 Å². The van der Waals surface area contributed by atoms with Gasteiger partial charge in [0.25, 0.3) is 0 Å². The molecule has 120 valence electrons. The lowest BCUT2D eigenvalue weighted by Gasteiger charge is -1.96. The number of H-pyrrole nitrogens is 1. The first-order chi connectivity index (χ1) is 11.7. The van der Waals surface area contributed by atoms with Gasteiger partial charge >= 0.3 is 6.01 Å². The number of nitrogens with one attached hydrogen (secondary N) is 2. The third-order valence-corrected chi connectivity index (χ3v) is 3.30. The summed E-state index contributed by atoms with van der Waals surface area (Å²) < 4.78 is 23.6. The lowest BCUT2D eigenvalue weighted by atomic mass is 10.2. The van der Waals surface area contributed by atoms with Crippen molar-refractivity contribution in [2.75, 3.05) is 12.4 Å². The molecule has 2 N–H and O–H groups in total. The lowest BCUT2D eigenvalue weighted by molar-refractivity contribution is 0.402. The fourth-order valence-electron chi connectivity index (χ4n) is 2.20. The summed E-state index contributed by atoms with van der Waals surface area (Å²) in [5.74, 6) is 0.759. The molecule has 0 aliphatic rings. The molecule has 3 heterocycles. The van der Waals surface area contributed by atoms with E-state index >= 15 is 0 Å². The zero-order valence-electron chi connectivity index (χ0n) is 12.4. The molecule has 0 radical (unpaired) electrons. The quantitative estimate of drug-likeness (QED) is 0.594. The highest BCUT2D eigenvalue weighted by Gasteiger charge is 2.13. The molecule has 4 rings (SSSR count). The maximum atomic E-state index is 13.0. The Balaban J connectivity index is 1.61. The van der Waals surface area contributed by atoms with E-state index in [4.69, 9.17) is 9.15 Å². The van der Waals surface area contributed by atoms with Crippen molar-refractivity contribution >= 4 is 23.0 Å². The van der Waals surface area contributed by atoms with Crippen LogP contribution in [0.2, 0.25) is 0 Å². The van der Waals surface area contributed by atoms with Crippen LogP contribution in [-0.2, 0) is 0 Å². The molecule has 0 atom stereocenters. The predicted octanol–water partition coefficient (Wildman–Crippen LogP) is 2.90. The summed E-state index contributed by atoms with van der Waals surface area (Å²) >= 11 is 0. The van der Waals surface area contributed by atoms with Gasteiger partial charge in [-0.2, -0.15) is 0 Å². The Kier molecular flexibility index (Phi) is 3.30. The van der Waals surface area contributed by atoms with Crippen molar-refractivity contribution < 1.29 is 13.5 Å². The molecule has 8 nitrogen and oxygen atoms in total. The van der Waals surface area contributed by atoms with E-state index in [1.165, 1.54) is 19.2 Å². The minimum atomic E-state index is -0.332. The van der Waals surface area contributed by atoms with Crippen LogP contribution in [0.15, 0.2) is 40.9 Å². The van der Waals surface area contributed by atoms with Crippen molar-refractivity contribution in [1.82, 2.24) is 25.1 Å². The molecule has 0 unspecified atom stereocenters. The second kappa shape index (κ2) is 5.61. The van der Waals surface area contributed by atoms with Crippen LogP contribution in [0.1, 0.15) is 0 Å². The van der Waals surface area contributed by atoms with Gasteiger partial charge in [0.05, 0.1) is 12.6 Å². The third-order valence-electron chi connectivity index (χ3n) is 3.30. The first-order valence-electron chi connectivity index (χ1n) is 6.98. The van der Waals surface area contributed by atoms with Gasteiger partial charge in [-0.3, -0.25) is 5.32 Å². The number of halogens is 1. The molecule has 0 spiro atoms. The zero-order chi connectivity index (χ0) is 16.5. The number of anilines is 2. The van der Waals surface area contributed by atoms with Gasteiger partial charge in [0.2, 0.25) is 17.7 Å². The van der Waals surface area contributed by atoms with Crippen LogP contribution < -0.4 is 10.1 Å². The van der Waals surface area contributed by atoms with E-state index in [0.29, 0.717) is 22.9 Å². The molecule has 1 aromatic carbocycles. The number of hydrogen-bond donors (Lipinski definition) is 2. The molecular weight excluding hydrogens is 315 g/mol. The highest BCUT2D eigenvalue weighted by Crippen LogP contribution is 2.25. The molecule has 0 saturated carbocycles. The van der Waals surface area contributed by atoms with Crippen molar-refractivity contribution in [3.05, 3.63) is 42.3 Å². The second-order valence-electron chi connectivity index (χ2n) is 4.85. The van der Waals surface area contributed by atoms with Crippen LogP contribution in [0.4, 0.5) is 16.4 Å². The van der Waals surface area contributed by atoms with Gasteiger partial charge in [0.15, 0.2) is 5.52 Å². The highest BCUT2D eigenvalue weighted by atomic mass is 19.1. The molecular formula is C15H11FN6O2. The van der Waals surface area contributed by atoms with Crippen molar-refractivity contribution in [3.63, 3.8) is 0 Å². The molecule has 3 aromatic heterocycles. The number of rotatable bonds is 4. The number of methoxy groups -OCH3 is 1. The van der Waals surface area contributed by atoms with Crippen LogP contribution in [0.25, 0.3) is 22.5 Å². The summed E-state index contributed by atoms with van der Waals surface area (Å²) in [6.45, 7) is 0. The van der Waals surface area contributed by atoms with E-state index in [2.05, 4.69) is 30.5 Å². The number of fused-ring (bicyclic) bond motifs is 1. The van der Waals surface area contributed by atoms with Crippen LogP contribution in [0, 0.1) is 5.82 Å². The Labute approximate surface area is 134 Å². The normalized spacial score (nSPS) is 10.9. The Morgan fingerprint density at radius 1 is 1.17 bits per heavy atom. The first-order valence-corrected chi connectivity index (χ1v) is 6.98. The molecule has 0 saturated heterocycles. The van der Waals surface area contributed by atoms with Gasteiger partial charge in [0, 0.05) is 11.8 Å². The molecule has 0 aliphatic carbocycles. The van der Waals surface area contributed by atoms with Gasteiger partial charge in [-0.15, -0.1) is 5.10 Å². The van der Waals surface area contributed by atoms with Gasteiger partial charge in [-0.05, 0) is 30.3 Å². The third kappa shape index (κ3) is 2.51. The standard InChI is InChI=1S/C15H11FN6O2/c1-23-13-11-10(6-7-17-13)18-14(19-11)20-15-22-21-12(24-15)8-2-4-9(16)5-3-8/h2-7H,1H3,(H2,18,19,20,22). The Morgan fingerprint density at radius 2 is 2.00 bits per heavy atom. The fraction of sp³-hybridized carbons (Fsp3) is 0.0667. The van der Waals surface area contributed by atoms with Crippen molar-refractivity contribution in [1.29, 1.82) is 0 Å². The van der Waals surface area contributed by atoms with Crippen LogP contribution in [0.5, 0.6) is 5.88 Å². The first kappa shape index (κ1) is 14.1. The Morgan fingerprint density at radius 3 is 2.79 bits per heavy atom. The monoisotopic (exact) mass is 326 g/mol. The maximum Gasteiger partial charge on any atom is 0.322 e. The fourth-order valence-corrected chi connectivity index (χ4v) is 2.20. The number of ether oxygens (including phenoxy) is 1. The van der Waals surface area contributed by atoms with E-state index < -0.39 is 0 Å². The number of nitrogens with zero attached hydrogens (tertiary/aromatic N) is 4. The topological polar surface area (TPSA) is 102 Å². The smallest absolute Gasteiger partial charge is 0.322 e. The summed E-state index contributed by atoms with van der Waals surface area (Å²) in [6.07, 6.45) is 1.61. The molecule has 0 bridgehead atoms. The Bertz CT molecular complexity index is 995. The molecule has 0 fully saturated rings. The molecule has 0 aliphatic heterocycles. The van der Waals surface area contributed by atoms with Gasteiger partial charge in [-0.1, -0.05) is 5.10 Å².